The summed E-state index contributed by atoms with van der Waals surface area (Å²) in [5, 5.41) is 12.9. The Morgan fingerprint density at radius 2 is 1.22 bits per heavy atom. The first-order valence-electron chi connectivity index (χ1n) is 12.7. The highest BCUT2D eigenvalue weighted by Gasteiger charge is 2.19. The molecule has 0 aliphatic carbocycles. The maximum Gasteiger partial charge on any atom is 0.132 e. The van der Waals surface area contributed by atoms with E-state index in [1.165, 1.54) is 64.9 Å². The molecule has 7 aromatic rings. The van der Waals surface area contributed by atoms with Crippen LogP contribution in [-0.4, -0.2) is 16.9 Å². The van der Waals surface area contributed by atoms with E-state index in [-0.39, 0.29) is 0 Å². The van der Waals surface area contributed by atoms with Gasteiger partial charge in [-0.2, -0.15) is 0 Å². The Hall–Kier alpha value is -4.43. The van der Waals surface area contributed by atoms with Gasteiger partial charge in [0.05, 0.1) is 11.0 Å². The van der Waals surface area contributed by atoms with Gasteiger partial charge >= 0.3 is 0 Å². The van der Waals surface area contributed by atoms with Crippen LogP contribution in [0.25, 0.3) is 64.9 Å². The fourth-order valence-electron chi connectivity index (χ4n) is 6.18. The Morgan fingerprint density at radius 1 is 0.611 bits per heavy atom. The molecule has 0 bridgehead atoms. The highest BCUT2D eigenvalue weighted by atomic mass is 15.1. The number of nitrogens with zero attached hydrogens (tertiary/aromatic N) is 2. The van der Waals surface area contributed by atoms with E-state index in [2.05, 4.69) is 121 Å². The van der Waals surface area contributed by atoms with Crippen molar-refractivity contribution >= 4 is 70.7 Å². The number of allylic oxidation sites excluding steroid dienone is 1. The monoisotopic (exact) mass is 460 g/mol. The minimum absolute atomic E-state index is 0.471. The third-order valence-corrected chi connectivity index (χ3v) is 7.86. The zero-order valence-electron chi connectivity index (χ0n) is 20.1. The Morgan fingerprint density at radius 3 is 1.89 bits per heavy atom. The lowest BCUT2D eigenvalue weighted by atomic mass is 9.93. The average Bonchev–Trinajstić information content (AvgIpc) is 3.26. The molecule has 0 saturated heterocycles. The number of hydrogen-bond acceptors (Lipinski definition) is 1. The molecule has 1 aliphatic heterocycles. The number of dihydropyridines is 1. The molecule has 0 fully saturated rings. The molecule has 1 aromatic heterocycles. The summed E-state index contributed by atoms with van der Waals surface area (Å²) in [5.41, 5.74) is 2.43. The van der Waals surface area contributed by atoms with Crippen LogP contribution in [0.1, 0.15) is 6.92 Å². The van der Waals surface area contributed by atoms with E-state index in [1.54, 1.807) is 0 Å². The fraction of sp³-hybridized carbons (Fsp3) is 0.0882. The van der Waals surface area contributed by atoms with Crippen LogP contribution in [0.3, 0.4) is 0 Å². The molecule has 2 nitrogen and oxygen atoms in total. The molecular weight excluding hydrogens is 436 g/mol. The van der Waals surface area contributed by atoms with Gasteiger partial charge in [-0.05, 0) is 73.3 Å². The summed E-state index contributed by atoms with van der Waals surface area (Å²) in [5.74, 6) is 1.49. The summed E-state index contributed by atoms with van der Waals surface area (Å²) in [6.07, 6.45) is 4.48. The zero-order chi connectivity index (χ0) is 23.8. The van der Waals surface area contributed by atoms with E-state index in [0.29, 0.717) is 5.92 Å². The van der Waals surface area contributed by atoms with Crippen molar-refractivity contribution in [2.24, 2.45) is 10.9 Å². The first kappa shape index (κ1) is 19.8. The van der Waals surface area contributed by atoms with E-state index >= 15 is 0 Å². The molecule has 2 heteroatoms. The summed E-state index contributed by atoms with van der Waals surface area (Å²) in [4.78, 5) is 5.02. The second kappa shape index (κ2) is 7.29. The number of benzene rings is 6. The first-order valence-corrected chi connectivity index (χ1v) is 12.7. The van der Waals surface area contributed by atoms with Crippen molar-refractivity contribution in [1.29, 1.82) is 0 Å². The van der Waals surface area contributed by atoms with E-state index in [1.807, 2.05) is 0 Å². The van der Waals surface area contributed by atoms with E-state index in [4.69, 9.17) is 4.99 Å². The molecule has 36 heavy (non-hydrogen) atoms. The quantitative estimate of drug-likeness (QED) is 0.201. The van der Waals surface area contributed by atoms with Crippen LogP contribution >= 0.6 is 0 Å². The number of aliphatic imine (C=N–C) groups is 1. The predicted molar refractivity (Wildman–Crippen MR) is 155 cm³/mol. The lowest BCUT2D eigenvalue weighted by Crippen LogP contribution is -2.15. The average molecular weight is 461 g/mol. The SMILES string of the molecule is CC1C=CC(n2c3cc4c5ccccc5c5ccccc5c4cc3c3c4ccccc4ccc32)=NC1. The van der Waals surface area contributed by atoms with Crippen molar-refractivity contribution < 1.29 is 0 Å². The van der Waals surface area contributed by atoms with Crippen molar-refractivity contribution in [1.82, 2.24) is 4.57 Å². The largest absolute Gasteiger partial charge is 0.294 e. The molecule has 2 heterocycles. The molecule has 0 radical (unpaired) electrons. The predicted octanol–water partition coefficient (Wildman–Crippen LogP) is 8.86. The third-order valence-electron chi connectivity index (χ3n) is 7.86. The highest BCUT2D eigenvalue weighted by Crippen LogP contribution is 2.41. The van der Waals surface area contributed by atoms with Crippen LogP contribution in [0.5, 0.6) is 0 Å². The van der Waals surface area contributed by atoms with Crippen LogP contribution in [0, 0.1) is 5.92 Å². The van der Waals surface area contributed by atoms with Gasteiger partial charge in [0.1, 0.15) is 5.84 Å². The second-order valence-corrected chi connectivity index (χ2v) is 10.1. The van der Waals surface area contributed by atoms with Gasteiger partial charge in [-0.1, -0.05) is 91.9 Å². The Labute approximate surface area is 208 Å². The molecule has 6 aromatic carbocycles. The van der Waals surface area contributed by atoms with E-state index < -0.39 is 0 Å². The third kappa shape index (κ3) is 2.64. The first-order chi connectivity index (χ1) is 17.8. The molecule has 170 valence electrons. The summed E-state index contributed by atoms with van der Waals surface area (Å²) in [6.45, 7) is 3.04. The van der Waals surface area contributed by atoms with Gasteiger partial charge in [-0.15, -0.1) is 0 Å². The van der Waals surface area contributed by atoms with Gasteiger partial charge in [0, 0.05) is 17.3 Å². The van der Waals surface area contributed by atoms with Gasteiger partial charge in [0.2, 0.25) is 0 Å². The van der Waals surface area contributed by atoms with E-state index in [0.717, 1.165) is 12.4 Å². The Balaban J connectivity index is 1.64. The van der Waals surface area contributed by atoms with Crippen LogP contribution in [-0.2, 0) is 0 Å². The molecule has 8 rings (SSSR count). The van der Waals surface area contributed by atoms with E-state index in [9.17, 15) is 0 Å². The highest BCUT2D eigenvalue weighted by molar-refractivity contribution is 6.32. The summed E-state index contributed by atoms with van der Waals surface area (Å²) in [7, 11) is 0. The van der Waals surface area contributed by atoms with Crippen molar-refractivity contribution in [2.45, 2.75) is 6.92 Å². The molecule has 0 amide bonds. The van der Waals surface area contributed by atoms with Crippen LogP contribution in [0.15, 0.2) is 114 Å². The minimum Gasteiger partial charge on any atom is -0.294 e. The Bertz CT molecular complexity index is 2090. The fourth-order valence-corrected chi connectivity index (χ4v) is 6.18. The molecular formula is C34H24N2. The second-order valence-electron chi connectivity index (χ2n) is 10.1. The van der Waals surface area contributed by atoms with Gasteiger partial charge in [-0.3, -0.25) is 9.56 Å². The number of hydrogen-bond donors (Lipinski definition) is 0. The normalized spacial score (nSPS) is 16.1. The molecule has 0 N–H and O–H groups in total. The molecule has 0 spiro atoms. The summed E-state index contributed by atoms with van der Waals surface area (Å²) in [6, 6.07) is 35.7. The standard InChI is InChI=1S/C34H24N2/c1-21-14-17-33(35-20-21)36-31-16-15-22-8-2-3-9-23(22)34(31)30-18-28-26-12-6-4-10-24(26)25-11-5-7-13-27(25)29(28)19-32(30)36/h2-19,21H,20H2,1H3. The number of fused-ring (bicyclic) bond motifs is 11. The van der Waals surface area contributed by atoms with Crippen LogP contribution < -0.4 is 0 Å². The summed E-state index contributed by atoms with van der Waals surface area (Å²) < 4.78 is 2.38. The van der Waals surface area contributed by atoms with Crippen molar-refractivity contribution in [2.75, 3.05) is 6.54 Å². The van der Waals surface area contributed by atoms with Gasteiger partial charge < -0.3 is 0 Å². The number of aromatic nitrogens is 1. The van der Waals surface area contributed by atoms with Crippen LogP contribution in [0.2, 0.25) is 0 Å². The summed E-state index contributed by atoms with van der Waals surface area (Å²) >= 11 is 0. The van der Waals surface area contributed by atoms with Gasteiger partial charge in [0.25, 0.3) is 0 Å². The molecule has 1 unspecified atom stereocenters. The molecule has 1 atom stereocenters. The van der Waals surface area contributed by atoms with Crippen LogP contribution in [0.4, 0.5) is 0 Å². The van der Waals surface area contributed by atoms with Crippen molar-refractivity contribution in [3.05, 3.63) is 109 Å². The molecule has 1 aliphatic rings. The van der Waals surface area contributed by atoms with Gasteiger partial charge in [0.15, 0.2) is 0 Å². The molecule has 0 saturated carbocycles. The topological polar surface area (TPSA) is 17.3 Å². The smallest absolute Gasteiger partial charge is 0.132 e. The maximum atomic E-state index is 5.02. The van der Waals surface area contributed by atoms with Gasteiger partial charge in [-0.25, -0.2) is 0 Å². The lowest BCUT2D eigenvalue weighted by Gasteiger charge is -2.15. The van der Waals surface area contributed by atoms with Crippen molar-refractivity contribution in [3.8, 4) is 0 Å². The van der Waals surface area contributed by atoms with Crippen molar-refractivity contribution in [3.63, 3.8) is 0 Å². The number of rotatable bonds is 0. The lowest BCUT2D eigenvalue weighted by molar-refractivity contribution is 0.730. The Kier molecular flexibility index (Phi) is 4.01. The zero-order valence-corrected chi connectivity index (χ0v) is 20.1. The minimum atomic E-state index is 0.471. The maximum absolute atomic E-state index is 5.02.